The smallest absolute Gasteiger partial charge is 0.251 e. The van der Waals surface area contributed by atoms with Gasteiger partial charge in [-0.2, -0.15) is 5.10 Å². The summed E-state index contributed by atoms with van der Waals surface area (Å²) in [5, 5.41) is 8.20. The molecular weight excluding hydrogens is 322 g/mol. The Morgan fingerprint density at radius 3 is 2.80 bits per heavy atom. The molecule has 0 saturated heterocycles. The molecule has 0 spiro atoms. The molecule has 0 amide bonds. The van der Waals surface area contributed by atoms with Gasteiger partial charge in [-0.05, 0) is 49.1 Å². The number of rotatable bonds is 3. The van der Waals surface area contributed by atoms with E-state index in [4.69, 9.17) is 0 Å². The van der Waals surface area contributed by atoms with E-state index in [9.17, 15) is 8.78 Å². The normalized spacial score (nSPS) is 21.0. The van der Waals surface area contributed by atoms with Crippen LogP contribution in [0.15, 0.2) is 36.7 Å². The third kappa shape index (κ3) is 2.80. The first-order chi connectivity index (χ1) is 12.0. The number of pyridine rings is 1. The monoisotopic (exact) mass is 342 g/mol. The van der Waals surface area contributed by atoms with Crippen LogP contribution in [0.25, 0.3) is 10.9 Å². The summed E-state index contributed by atoms with van der Waals surface area (Å²) in [4.78, 5) is 6.42. The number of nitrogens with zero attached hydrogens (tertiary/aromatic N) is 3. The summed E-state index contributed by atoms with van der Waals surface area (Å²) in [6.45, 7) is 3.72. The summed E-state index contributed by atoms with van der Waals surface area (Å²) in [5.74, 6) is 0. The van der Waals surface area contributed by atoms with Gasteiger partial charge in [0.15, 0.2) is 0 Å². The molecule has 1 N–H and O–H groups in total. The van der Waals surface area contributed by atoms with Crippen molar-refractivity contribution in [1.29, 1.82) is 0 Å². The van der Waals surface area contributed by atoms with Crippen molar-refractivity contribution in [2.24, 2.45) is 0 Å². The van der Waals surface area contributed by atoms with Crippen molar-refractivity contribution in [3.8, 4) is 0 Å². The van der Waals surface area contributed by atoms with Gasteiger partial charge in [-0.3, -0.25) is 15.0 Å². The van der Waals surface area contributed by atoms with E-state index in [0.717, 1.165) is 34.1 Å². The van der Waals surface area contributed by atoms with Crippen molar-refractivity contribution < 1.29 is 8.78 Å². The average molecular weight is 342 g/mol. The lowest BCUT2D eigenvalue weighted by atomic mass is 9.85. The number of nitrogens with one attached hydrogen (secondary N) is 1. The zero-order valence-corrected chi connectivity index (χ0v) is 14.2. The minimum atomic E-state index is -2.38. The number of H-pyrrole nitrogens is 1. The summed E-state index contributed by atoms with van der Waals surface area (Å²) in [5.41, 5.74) is 5.06. The molecule has 0 saturated carbocycles. The zero-order valence-electron chi connectivity index (χ0n) is 14.2. The number of aromatic nitrogens is 3. The van der Waals surface area contributed by atoms with Crippen LogP contribution in [0.1, 0.15) is 35.3 Å². The third-order valence-electron chi connectivity index (χ3n) is 5.03. The van der Waals surface area contributed by atoms with Crippen LogP contribution < -0.4 is 0 Å². The maximum atomic E-state index is 13.2. The van der Waals surface area contributed by atoms with E-state index in [1.807, 2.05) is 49.2 Å². The van der Waals surface area contributed by atoms with E-state index in [0.29, 0.717) is 0 Å². The predicted octanol–water partition coefficient (Wildman–Crippen LogP) is 3.87. The van der Waals surface area contributed by atoms with E-state index in [1.54, 1.807) is 6.20 Å². The van der Waals surface area contributed by atoms with Crippen molar-refractivity contribution in [1.82, 2.24) is 20.1 Å². The lowest BCUT2D eigenvalue weighted by Crippen LogP contribution is -2.45. The molecule has 4 rings (SSSR count). The Bertz CT molecular complexity index is 888. The lowest BCUT2D eigenvalue weighted by molar-refractivity contribution is 0.0456. The number of fused-ring (bicyclic) bond motifs is 3. The Labute approximate surface area is 144 Å². The second-order valence-corrected chi connectivity index (χ2v) is 6.77. The first-order valence-electron chi connectivity index (χ1n) is 8.46. The van der Waals surface area contributed by atoms with Gasteiger partial charge in [-0.15, -0.1) is 0 Å². The third-order valence-corrected chi connectivity index (χ3v) is 5.03. The Morgan fingerprint density at radius 2 is 2.08 bits per heavy atom. The minimum Gasteiger partial charge on any atom is -0.282 e. The number of hydrogen-bond acceptors (Lipinski definition) is 3. The molecule has 3 heterocycles. The van der Waals surface area contributed by atoms with Gasteiger partial charge in [-0.25, -0.2) is 8.78 Å². The van der Waals surface area contributed by atoms with Gasteiger partial charge in [0, 0.05) is 17.6 Å². The van der Waals surface area contributed by atoms with Gasteiger partial charge in [0.2, 0.25) is 0 Å². The Morgan fingerprint density at radius 1 is 1.24 bits per heavy atom. The summed E-state index contributed by atoms with van der Waals surface area (Å²) < 4.78 is 26.5. The molecule has 0 bridgehead atoms. The van der Waals surface area contributed by atoms with Crippen LogP contribution in [0.2, 0.25) is 0 Å². The molecule has 1 aliphatic rings. The number of aryl methyl sites for hydroxylation is 1. The van der Waals surface area contributed by atoms with Gasteiger partial charge in [0.25, 0.3) is 6.43 Å². The molecule has 0 aliphatic carbocycles. The first kappa shape index (κ1) is 16.1. The molecule has 1 aliphatic heterocycles. The van der Waals surface area contributed by atoms with Crippen LogP contribution in [0, 0.1) is 6.92 Å². The largest absolute Gasteiger partial charge is 0.282 e. The molecule has 0 fully saturated rings. The van der Waals surface area contributed by atoms with E-state index < -0.39 is 6.43 Å². The maximum absolute atomic E-state index is 13.2. The van der Waals surface area contributed by atoms with E-state index in [1.165, 1.54) is 5.56 Å². The number of hydrogen-bond donors (Lipinski definition) is 1. The standard InChI is InChI=1S/C19H20F2N4/c1-11-3-5-17(22-8-11)19-13-4-6-16-15(9-23-24-16)14(13)7-12(2)25(19)10-18(20)21/h3-6,8-9,12,18-19H,7,10H2,1-2H3,(H,23,24)/t12-,19+/m1/s1. The van der Waals surface area contributed by atoms with Crippen LogP contribution in [0.5, 0.6) is 0 Å². The van der Waals surface area contributed by atoms with Crippen molar-refractivity contribution >= 4 is 10.9 Å². The Kier molecular flexibility index (Phi) is 4.00. The molecule has 2 atom stereocenters. The fourth-order valence-electron chi connectivity index (χ4n) is 3.84. The summed E-state index contributed by atoms with van der Waals surface area (Å²) in [7, 11) is 0. The van der Waals surface area contributed by atoms with Crippen LogP contribution in [0.3, 0.4) is 0 Å². The molecule has 1 aromatic carbocycles. The highest BCUT2D eigenvalue weighted by atomic mass is 19.3. The molecular formula is C19H20F2N4. The number of halogens is 2. The second-order valence-electron chi connectivity index (χ2n) is 6.77. The maximum Gasteiger partial charge on any atom is 0.251 e. The molecule has 2 aromatic heterocycles. The SMILES string of the molecule is Cc1ccc([C@@H]2c3ccc4[nH]ncc4c3C[C@@H](C)N2CC(F)F)nc1. The van der Waals surface area contributed by atoms with Crippen molar-refractivity contribution in [2.45, 2.75) is 38.8 Å². The summed E-state index contributed by atoms with van der Waals surface area (Å²) >= 11 is 0. The summed E-state index contributed by atoms with van der Waals surface area (Å²) in [6.07, 6.45) is 1.96. The molecule has 0 unspecified atom stereocenters. The van der Waals surface area contributed by atoms with Crippen molar-refractivity contribution in [3.63, 3.8) is 0 Å². The molecule has 4 nitrogen and oxygen atoms in total. The van der Waals surface area contributed by atoms with Gasteiger partial charge < -0.3 is 0 Å². The Balaban J connectivity index is 1.90. The zero-order chi connectivity index (χ0) is 17.6. The van der Waals surface area contributed by atoms with Crippen molar-refractivity contribution in [3.05, 3.63) is 59.0 Å². The topological polar surface area (TPSA) is 44.8 Å². The number of alkyl halides is 2. The van der Waals surface area contributed by atoms with Gasteiger partial charge >= 0.3 is 0 Å². The van der Waals surface area contributed by atoms with Crippen LogP contribution in [-0.4, -0.2) is 39.1 Å². The molecule has 130 valence electrons. The highest BCUT2D eigenvalue weighted by molar-refractivity contribution is 5.83. The van der Waals surface area contributed by atoms with Crippen molar-refractivity contribution in [2.75, 3.05) is 6.54 Å². The minimum absolute atomic E-state index is 0.00453. The summed E-state index contributed by atoms with van der Waals surface area (Å²) in [6, 6.07) is 7.64. The number of benzene rings is 1. The first-order valence-corrected chi connectivity index (χ1v) is 8.46. The van der Waals surface area contributed by atoms with Crippen LogP contribution >= 0.6 is 0 Å². The van der Waals surface area contributed by atoms with Gasteiger partial charge in [0.05, 0.1) is 30.0 Å². The predicted molar refractivity (Wildman–Crippen MR) is 92.8 cm³/mol. The van der Waals surface area contributed by atoms with Crippen LogP contribution in [0.4, 0.5) is 8.78 Å². The Hall–Kier alpha value is -2.34. The lowest BCUT2D eigenvalue weighted by Gasteiger charge is -2.41. The molecule has 6 heteroatoms. The quantitative estimate of drug-likeness (QED) is 0.786. The number of aromatic amines is 1. The highest BCUT2D eigenvalue weighted by Gasteiger charge is 2.36. The fraction of sp³-hybridized carbons (Fsp3) is 0.368. The molecule has 0 radical (unpaired) electrons. The highest BCUT2D eigenvalue weighted by Crippen LogP contribution is 2.40. The van der Waals surface area contributed by atoms with E-state index >= 15 is 0 Å². The average Bonchev–Trinajstić information content (AvgIpc) is 3.05. The van der Waals surface area contributed by atoms with E-state index in [2.05, 4.69) is 15.2 Å². The fourth-order valence-corrected chi connectivity index (χ4v) is 3.84. The van der Waals surface area contributed by atoms with E-state index in [-0.39, 0.29) is 18.6 Å². The second kappa shape index (κ2) is 6.19. The van der Waals surface area contributed by atoms with Crippen LogP contribution in [-0.2, 0) is 6.42 Å². The molecule has 25 heavy (non-hydrogen) atoms. The van der Waals surface area contributed by atoms with Gasteiger partial charge in [-0.1, -0.05) is 12.1 Å². The van der Waals surface area contributed by atoms with Gasteiger partial charge in [0.1, 0.15) is 0 Å². The molecule has 3 aromatic rings.